The highest BCUT2D eigenvalue weighted by Gasteiger charge is 2.23. The Morgan fingerprint density at radius 2 is 1.04 bits per heavy atom. The average Bonchev–Trinajstić information content (AvgIpc) is 3.87. The molecule has 0 fully saturated rings. The predicted octanol–water partition coefficient (Wildman–Crippen LogP) is 15.1. The number of fused-ring (bicyclic) bond motifs is 12. The fourth-order valence-electron chi connectivity index (χ4n) is 8.48. The summed E-state index contributed by atoms with van der Waals surface area (Å²) in [6.45, 7) is 0. The summed E-state index contributed by atoms with van der Waals surface area (Å²) in [6, 6.07) is 42.8. The molecule has 12 rings (SSSR count). The predicted molar refractivity (Wildman–Crippen MR) is 227 cm³/mol. The quantitative estimate of drug-likeness (QED) is 0.136. The van der Waals surface area contributed by atoms with Crippen LogP contribution in [0.5, 0.6) is 0 Å². The van der Waals surface area contributed by atoms with Gasteiger partial charge in [-0.05, 0) is 95.7 Å². The SMILES string of the molecule is [2H]c1c([2H])c([2H])c2c(-c3cccc4c3oc3ccc5oc6ccccc6c5c34)c3c([2H])c([2H])c(-c4ccccc4)c([2H])c3c(-c3ccc4ccc5ccccc5c4c3)c2c1[2H]. The Morgan fingerprint density at radius 3 is 1.91 bits per heavy atom. The molecule has 0 unspecified atom stereocenters. The van der Waals surface area contributed by atoms with E-state index in [-0.39, 0.29) is 51.9 Å². The minimum absolute atomic E-state index is 0.0193. The van der Waals surface area contributed by atoms with Crippen molar-refractivity contribution in [2.24, 2.45) is 0 Å². The molecule has 0 radical (unpaired) electrons. The number of furan rings is 2. The molecule has 12 aromatic rings. The molecule has 0 amide bonds. The van der Waals surface area contributed by atoms with Gasteiger partial charge in [0.1, 0.15) is 22.3 Å². The lowest BCUT2D eigenvalue weighted by molar-refractivity contribution is 0.663. The van der Waals surface area contributed by atoms with Gasteiger partial charge in [0, 0.05) is 32.7 Å². The lowest BCUT2D eigenvalue weighted by Gasteiger charge is -2.19. The van der Waals surface area contributed by atoms with E-state index in [0.29, 0.717) is 50.0 Å². The standard InChI is InChI=1S/C52H30O2/c1-2-11-31(12-3-1)34-25-26-39-44(29-34)48(35-24-23-33-22-21-32-13-4-5-14-36(32)43(33)30-35)37-15-6-7-16-38(37)49(39)41-18-10-19-42-51-47(54-52(41)42)28-27-46-50(51)40-17-8-9-20-45(40)53-46/h1-30H/i6D,7D,15D,16D,25D,26D,29D. The van der Waals surface area contributed by atoms with Gasteiger partial charge in [0.15, 0.2) is 0 Å². The van der Waals surface area contributed by atoms with E-state index in [1.165, 1.54) is 0 Å². The summed E-state index contributed by atoms with van der Waals surface area (Å²) in [4.78, 5) is 0. The van der Waals surface area contributed by atoms with Gasteiger partial charge in [-0.25, -0.2) is 0 Å². The molecule has 0 aliphatic carbocycles. The summed E-state index contributed by atoms with van der Waals surface area (Å²) in [6.07, 6.45) is 0. The maximum atomic E-state index is 10.1. The Labute approximate surface area is 319 Å². The molecule has 2 heterocycles. The molecule has 2 aromatic heterocycles. The summed E-state index contributed by atoms with van der Waals surface area (Å²) in [5, 5.41) is 8.29. The molecule has 10 aromatic carbocycles. The number of hydrogen-bond donors (Lipinski definition) is 0. The summed E-state index contributed by atoms with van der Waals surface area (Å²) in [5.41, 5.74) is 5.12. The number of benzene rings is 10. The van der Waals surface area contributed by atoms with Crippen molar-refractivity contribution < 1.29 is 18.4 Å². The van der Waals surface area contributed by atoms with Gasteiger partial charge in [-0.15, -0.1) is 0 Å². The van der Waals surface area contributed by atoms with E-state index in [1.807, 2.05) is 121 Å². The fourth-order valence-corrected chi connectivity index (χ4v) is 8.48. The second kappa shape index (κ2) is 11.2. The van der Waals surface area contributed by atoms with Crippen molar-refractivity contribution in [1.82, 2.24) is 0 Å². The Hall–Kier alpha value is -7.16. The van der Waals surface area contributed by atoms with Crippen LogP contribution < -0.4 is 0 Å². The monoisotopic (exact) mass is 693 g/mol. The molecule has 54 heavy (non-hydrogen) atoms. The zero-order valence-corrected chi connectivity index (χ0v) is 28.6. The van der Waals surface area contributed by atoms with E-state index >= 15 is 0 Å². The lowest BCUT2D eigenvalue weighted by atomic mass is 9.84. The molecule has 2 nitrogen and oxygen atoms in total. The first-order chi connectivity index (χ1) is 29.7. The summed E-state index contributed by atoms with van der Waals surface area (Å²) in [7, 11) is 0. The van der Waals surface area contributed by atoms with E-state index in [0.717, 1.165) is 48.7 Å². The van der Waals surface area contributed by atoms with Crippen molar-refractivity contribution in [2.75, 3.05) is 0 Å². The Kier molecular flexibility index (Phi) is 4.84. The van der Waals surface area contributed by atoms with Crippen molar-refractivity contribution in [3.63, 3.8) is 0 Å². The fraction of sp³-hybridized carbons (Fsp3) is 0. The molecular weight excluding hydrogens is 657 g/mol. The van der Waals surface area contributed by atoms with Crippen LogP contribution in [0, 0.1) is 0 Å². The molecule has 0 atom stereocenters. The molecular formula is C52H30O2. The zero-order chi connectivity index (χ0) is 41.4. The third kappa shape index (κ3) is 4.17. The number of rotatable bonds is 3. The highest BCUT2D eigenvalue weighted by molar-refractivity contribution is 6.29. The van der Waals surface area contributed by atoms with E-state index in [9.17, 15) is 6.85 Å². The van der Waals surface area contributed by atoms with Gasteiger partial charge in [0.2, 0.25) is 0 Å². The van der Waals surface area contributed by atoms with Crippen LogP contribution in [-0.2, 0) is 0 Å². The Bertz CT molecular complexity index is 3900. The lowest BCUT2D eigenvalue weighted by Crippen LogP contribution is -1.92. The van der Waals surface area contributed by atoms with Gasteiger partial charge in [0.05, 0.1) is 9.60 Å². The van der Waals surface area contributed by atoms with E-state index in [4.69, 9.17) is 11.6 Å². The van der Waals surface area contributed by atoms with Gasteiger partial charge < -0.3 is 8.83 Å². The molecule has 0 saturated heterocycles. The minimum Gasteiger partial charge on any atom is -0.456 e. The van der Waals surface area contributed by atoms with Gasteiger partial charge in [-0.1, -0.05) is 152 Å². The van der Waals surface area contributed by atoms with Gasteiger partial charge in [-0.3, -0.25) is 0 Å². The first-order valence-electron chi connectivity index (χ1n) is 21.4. The van der Waals surface area contributed by atoms with Crippen molar-refractivity contribution >= 4 is 87.0 Å². The molecule has 0 bridgehead atoms. The normalized spacial score (nSPS) is 13.9. The van der Waals surface area contributed by atoms with Crippen LogP contribution >= 0.6 is 0 Å². The number of hydrogen-bond acceptors (Lipinski definition) is 2. The van der Waals surface area contributed by atoms with Crippen molar-refractivity contribution in [3.05, 3.63) is 182 Å². The van der Waals surface area contributed by atoms with Crippen LogP contribution in [0.15, 0.2) is 191 Å². The first-order valence-corrected chi connectivity index (χ1v) is 17.9. The smallest absolute Gasteiger partial charge is 0.143 e. The van der Waals surface area contributed by atoms with Crippen LogP contribution in [-0.4, -0.2) is 0 Å². The molecule has 0 aliphatic rings. The van der Waals surface area contributed by atoms with Gasteiger partial charge in [0.25, 0.3) is 0 Å². The second-order valence-corrected chi connectivity index (χ2v) is 13.8. The largest absolute Gasteiger partial charge is 0.456 e. The van der Waals surface area contributed by atoms with Gasteiger partial charge >= 0.3 is 0 Å². The highest BCUT2D eigenvalue weighted by atomic mass is 16.3. The maximum Gasteiger partial charge on any atom is 0.143 e. The topological polar surface area (TPSA) is 26.3 Å². The third-order valence-corrected chi connectivity index (χ3v) is 10.9. The molecule has 0 saturated carbocycles. The van der Waals surface area contributed by atoms with Crippen LogP contribution in [0.2, 0.25) is 0 Å². The Balaban J connectivity index is 1.32. The Morgan fingerprint density at radius 1 is 0.370 bits per heavy atom. The average molecular weight is 694 g/mol. The molecule has 250 valence electrons. The first kappa shape index (κ1) is 23.4. The van der Waals surface area contributed by atoms with Crippen molar-refractivity contribution in [2.45, 2.75) is 0 Å². The highest BCUT2D eigenvalue weighted by Crippen LogP contribution is 2.49. The number of para-hydroxylation sites is 2. The van der Waals surface area contributed by atoms with Crippen LogP contribution in [0.4, 0.5) is 0 Å². The van der Waals surface area contributed by atoms with Crippen molar-refractivity contribution in [3.8, 4) is 33.4 Å². The van der Waals surface area contributed by atoms with E-state index in [1.54, 1.807) is 0 Å². The molecule has 2 heteroatoms. The van der Waals surface area contributed by atoms with Crippen molar-refractivity contribution in [1.29, 1.82) is 0 Å². The molecule has 0 aliphatic heterocycles. The molecule has 0 spiro atoms. The summed E-state index contributed by atoms with van der Waals surface area (Å²) in [5.74, 6) is 0. The van der Waals surface area contributed by atoms with E-state index in [2.05, 4.69) is 18.2 Å². The van der Waals surface area contributed by atoms with Crippen LogP contribution in [0.25, 0.3) is 120 Å². The zero-order valence-electron chi connectivity index (χ0n) is 35.6. The van der Waals surface area contributed by atoms with Gasteiger partial charge in [-0.2, -0.15) is 0 Å². The molecule has 0 N–H and O–H groups in total. The third-order valence-electron chi connectivity index (χ3n) is 10.9. The summed E-state index contributed by atoms with van der Waals surface area (Å²) < 4.78 is 80.1. The van der Waals surface area contributed by atoms with Crippen LogP contribution in [0.1, 0.15) is 9.60 Å². The maximum absolute atomic E-state index is 10.1. The minimum atomic E-state index is -0.429. The van der Waals surface area contributed by atoms with Crippen LogP contribution in [0.3, 0.4) is 0 Å². The van der Waals surface area contributed by atoms with E-state index < -0.39 is 12.1 Å². The second-order valence-electron chi connectivity index (χ2n) is 13.8. The summed E-state index contributed by atoms with van der Waals surface area (Å²) >= 11 is 0.